The maximum atomic E-state index is 12.1. The average Bonchev–Trinajstić information content (AvgIpc) is 2.83. The maximum Gasteiger partial charge on any atom is 0.252 e. The number of carbonyl (C=O) groups excluding carboxylic acids is 2. The number of anilines is 1. The molecule has 2 aromatic rings. The molecule has 5 heteroatoms. The van der Waals surface area contributed by atoms with Gasteiger partial charge in [-0.25, -0.2) is 0 Å². The smallest absolute Gasteiger partial charge is 0.252 e. The Hall–Kier alpha value is -2.33. The standard InChI is InChI=1S/C17H15ClN2O2/c18-14-7-3-2-6-13(14)17(22)19-9-10-20-15-8-4-1-5-12(15)11-16(20)21/h1-8H,9-11H2,(H,19,22). The van der Waals surface area contributed by atoms with E-state index < -0.39 is 0 Å². The quantitative estimate of drug-likeness (QED) is 0.943. The van der Waals surface area contributed by atoms with Crippen LogP contribution in [-0.4, -0.2) is 24.9 Å². The highest BCUT2D eigenvalue weighted by atomic mass is 35.5. The minimum absolute atomic E-state index is 0.0631. The van der Waals surface area contributed by atoms with Crippen molar-refractivity contribution in [3.8, 4) is 0 Å². The van der Waals surface area contributed by atoms with Crippen molar-refractivity contribution >= 4 is 29.1 Å². The van der Waals surface area contributed by atoms with Crippen LogP contribution in [0.5, 0.6) is 0 Å². The molecule has 4 nitrogen and oxygen atoms in total. The van der Waals surface area contributed by atoms with Crippen molar-refractivity contribution in [2.24, 2.45) is 0 Å². The van der Waals surface area contributed by atoms with Gasteiger partial charge in [0.15, 0.2) is 0 Å². The summed E-state index contributed by atoms with van der Waals surface area (Å²) in [7, 11) is 0. The zero-order valence-corrected chi connectivity index (χ0v) is 12.6. The van der Waals surface area contributed by atoms with Gasteiger partial charge in [0.2, 0.25) is 5.91 Å². The van der Waals surface area contributed by atoms with E-state index in [4.69, 9.17) is 11.6 Å². The SMILES string of the molecule is O=C(NCCN1C(=O)Cc2ccccc21)c1ccccc1Cl. The highest BCUT2D eigenvalue weighted by molar-refractivity contribution is 6.33. The van der Waals surface area contributed by atoms with Crippen LogP contribution in [0.2, 0.25) is 5.02 Å². The molecule has 0 spiro atoms. The highest BCUT2D eigenvalue weighted by Crippen LogP contribution is 2.27. The predicted molar refractivity (Wildman–Crippen MR) is 86.3 cm³/mol. The number of benzene rings is 2. The monoisotopic (exact) mass is 314 g/mol. The molecule has 2 amide bonds. The van der Waals surface area contributed by atoms with Gasteiger partial charge in [-0.05, 0) is 23.8 Å². The third-order valence-corrected chi connectivity index (χ3v) is 3.99. The third kappa shape index (κ3) is 2.83. The average molecular weight is 315 g/mol. The summed E-state index contributed by atoms with van der Waals surface area (Å²) in [5.74, 6) is -0.168. The number of rotatable bonds is 4. The van der Waals surface area contributed by atoms with Crippen LogP contribution >= 0.6 is 11.6 Å². The zero-order valence-electron chi connectivity index (χ0n) is 11.9. The number of para-hydroxylation sites is 1. The fourth-order valence-corrected chi connectivity index (χ4v) is 2.80. The second-order valence-corrected chi connectivity index (χ2v) is 5.49. The van der Waals surface area contributed by atoms with E-state index >= 15 is 0 Å². The number of fused-ring (bicyclic) bond motifs is 1. The molecular weight excluding hydrogens is 300 g/mol. The Morgan fingerprint density at radius 2 is 1.86 bits per heavy atom. The van der Waals surface area contributed by atoms with Crippen molar-refractivity contribution < 1.29 is 9.59 Å². The lowest BCUT2D eigenvalue weighted by molar-refractivity contribution is -0.117. The molecule has 1 aliphatic rings. The number of nitrogens with one attached hydrogen (secondary N) is 1. The highest BCUT2D eigenvalue weighted by Gasteiger charge is 2.26. The lowest BCUT2D eigenvalue weighted by Gasteiger charge is -2.17. The topological polar surface area (TPSA) is 49.4 Å². The summed E-state index contributed by atoms with van der Waals surface area (Å²) in [6.45, 7) is 0.830. The second-order valence-electron chi connectivity index (χ2n) is 5.09. The molecule has 0 aliphatic carbocycles. The van der Waals surface area contributed by atoms with Crippen molar-refractivity contribution in [1.82, 2.24) is 5.32 Å². The van der Waals surface area contributed by atoms with Gasteiger partial charge in [-0.2, -0.15) is 0 Å². The van der Waals surface area contributed by atoms with Crippen LogP contribution in [0.25, 0.3) is 0 Å². The first kappa shape index (κ1) is 14.6. The van der Waals surface area contributed by atoms with Crippen molar-refractivity contribution in [2.75, 3.05) is 18.0 Å². The van der Waals surface area contributed by atoms with Gasteiger partial charge in [-0.3, -0.25) is 9.59 Å². The van der Waals surface area contributed by atoms with Crippen LogP contribution < -0.4 is 10.2 Å². The Balaban J connectivity index is 1.61. The fraction of sp³-hybridized carbons (Fsp3) is 0.176. The molecule has 0 saturated carbocycles. The summed E-state index contributed by atoms with van der Waals surface area (Å²) in [4.78, 5) is 25.8. The molecule has 1 heterocycles. The Kier molecular flexibility index (Phi) is 4.11. The Labute approximate surface area is 133 Å². The normalized spacial score (nSPS) is 13.1. The number of hydrogen-bond donors (Lipinski definition) is 1. The van der Waals surface area contributed by atoms with Gasteiger partial charge >= 0.3 is 0 Å². The summed E-state index contributed by atoms with van der Waals surface area (Å²) < 4.78 is 0. The zero-order chi connectivity index (χ0) is 15.5. The summed E-state index contributed by atoms with van der Waals surface area (Å²) in [6.07, 6.45) is 0.425. The molecule has 0 unspecified atom stereocenters. The van der Waals surface area contributed by atoms with Gasteiger partial charge in [0, 0.05) is 18.8 Å². The Morgan fingerprint density at radius 3 is 2.68 bits per heavy atom. The number of hydrogen-bond acceptors (Lipinski definition) is 2. The van der Waals surface area contributed by atoms with E-state index in [0.29, 0.717) is 30.1 Å². The second kappa shape index (κ2) is 6.20. The fourth-order valence-electron chi connectivity index (χ4n) is 2.58. The first-order valence-corrected chi connectivity index (χ1v) is 7.45. The van der Waals surface area contributed by atoms with E-state index in [1.165, 1.54) is 0 Å². The largest absolute Gasteiger partial charge is 0.350 e. The van der Waals surface area contributed by atoms with Crippen LogP contribution in [0.4, 0.5) is 5.69 Å². The molecule has 0 aromatic heterocycles. The van der Waals surface area contributed by atoms with Crippen molar-refractivity contribution in [3.05, 3.63) is 64.7 Å². The van der Waals surface area contributed by atoms with Crippen LogP contribution in [0.3, 0.4) is 0 Å². The van der Waals surface area contributed by atoms with Gasteiger partial charge in [0.25, 0.3) is 5.91 Å². The molecule has 22 heavy (non-hydrogen) atoms. The van der Waals surface area contributed by atoms with Crippen LogP contribution in [-0.2, 0) is 11.2 Å². The lowest BCUT2D eigenvalue weighted by atomic mass is 10.2. The molecule has 0 saturated heterocycles. The summed E-state index contributed by atoms with van der Waals surface area (Å²) >= 11 is 5.99. The minimum Gasteiger partial charge on any atom is -0.350 e. The summed E-state index contributed by atoms with van der Waals surface area (Å²) in [5.41, 5.74) is 2.40. The summed E-state index contributed by atoms with van der Waals surface area (Å²) in [5, 5.41) is 3.22. The molecule has 0 radical (unpaired) electrons. The van der Waals surface area contributed by atoms with E-state index in [1.807, 2.05) is 24.3 Å². The van der Waals surface area contributed by atoms with Gasteiger partial charge in [-0.15, -0.1) is 0 Å². The number of carbonyl (C=O) groups is 2. The molecular formula is C17H15ClN2O2. The van der Waals surface area contributed by atoms with Crippen LogP contribution in [0, 0.1) is 0 Å². The van der Waals surface area contributed by atoms with Crippen LogP contribution in [0.1, 0.15) is 15.9 Å². The lowest BCUT2D eigenvalue weighted by Crippen LogP contribution is -2.36. The Bertz CT molecular complexity index is 730. The van der Waals surface area contributed by atoms with E-state index in [-0.39, 0.29) is 11.8 Å². The van der Waals surface area contributed by atoms with E-state index in [1.54, 1.807) is 29.2 Å². The maximum absolute atomic E-state index is 12.1. The molecule has 2 aromatic carbocycles. The Morgan fingerprint density at radius 1 is 1.14 bits per heavy atom. The number of amides is 2. The van der Waals surface area contributed by atoms with Crippen LogP contribution in [0.15, 0.2) is 48.5 Å². The first-order chi connectivity index (χ1) is 10.7. The molecule has 1 aliphatic heterocycles. The van der Waals surface area contributed by atoms with Gasteiger partial charge < -0.3 is 10.2 Å². The first-order valence-electron chi connectivity index (χ1n) is 7.08. The molecule has 0 bridgehead atoms. The van der Waals surface area contributed by atoms with Gasteiger partial charge in [0.1, 0.15) is 0 Å². The summed E-state index contributed by atoms with van der Waals surface area (Å²) in [6, 6.07) is 14.6. The van der Waals surface area contributed by atoms with Crippen molar-refractivity contribution in [3.63, 3.8) is 0 Å². The van der Waals surface area contributed by atoms with Gasteiger partial charge in [-0.1, -0.05) is 41.9 Å². The van der Waals surface area contributed by atoms with Crippen molar-refractivity contribution in [2.45, 2.75) is 6.42 Å². The molecule has 0 fully saturated rings. The van der Waals surface area contributed by atoms with E-state index in [9.17, 15) is 9.59 Å². The molecule has 1 N–H and O–H groups in total. The minimum atomic E-state index is -0.231. The van der Waals surface area contributed by atoms with Gasteiger partial charge in [0.05, 0.1) is 17.0 Å². The third-order valence-electron chi connectivity index (χ3n) is 3.66. The van der Waals surface area contributed by atoms with E-state index in [0.717, 1.165) is 11.3 Å². The predicted octanol–water partition coefficient (Wildman–Crippen LogP) is 2.66. The number of halogens is 1. The molecule has 0 atom stereocenters. The van der Waals surface area contributed by atoms with E-state index in [2.05, 4.69) is 5.32 Å². The van der Waals surface area contributed by atoms with Crippen molar-refractivity contribution in [1.29, 1.82) is 0 Å². The number of nitrogens with zero attached hydrogens (tertiary/aromatic N) is 1. The molecule has 112 valence electrons. The molecule has 3 rings (SSSR count).